The summed E-state index contributed by atoms with van der Waals surface area (Å²) in [6.45, 7) is 3.20. The zero-order valence-corrected chi connectivity index (χ0v) is 14.5. The molecule has 1 saturated heterocycles. The number of aryl methyl sites for hydroxylation is 1. The number of hydrogen-bond donors (Lipinski definition) is 0. The average molecular weight is 337 g/mol. The second-order valence-electron chi connectivity index (χ2n) is 7.07. The van der Waals surface area contributed by atoms with Crippen LogP contribution in [0.15, 0.2) is 47.4 Å². The molecule has 4 rings (SSSR count). The second-order valence-corrected chi connectivity index (χ2v) is 7.07. The number of para-hydroxylation sites is 1. The summed E-state index contributed by atoms with van der Waals surface area (Å²) in [5.74, 6) is 0.300. The summed E-state index contributed by atoms with van der Waals surface area (Å²) in [4.78, 5) is 29.0. The number of carbonyl (C=O) groups is 1. The Morgan fingerprint density at radius 1 is 1.20 bits per heavy atom. The maximum absolute atomic E-state index is 13.0. The van der Waals surface area contributed by atoms with Crippen LogP contribution in [0.25, 0.3) is 0 Å². The third-order valence-electron chi connectivity index (χ3n) is 5.35. The fourth-order valence-corrected chi connectivity index (χ4v) is 3.91. The van der Waals surface area contributed by atoms with Gasteiger partial charge in [-0.25, -0.2) is 0 Å². The van der Waals surface area contributed by atoms with Crippen molar-refractivity contribution < 1.29 is 4.79 Å². The van der Waals surface area contributed by atoms with Crippen molar-refractivity contribution in [3.8, 4) is 0 Å². The molecule has 2 aliphatic heterocycles. The molecule has 0 aliphatic carbocycles. The number of pyridine rings is 1. The Bertz CT molecular complexity index is 858. The zero-order valence-electron chi connectivity index (χ0n) is 14.5. The van der Waals surface area contributed by atoms with Gasteiger partial charge in [0, 0.05) is 44.6 Å². The molecule has 0 spiro atoms. The first-order chi connectivity index (χ1) is 12.1. The molecule has 0 saturated carbocycles. The predicted octanol–water partition coefficient (Wildman–Crippen LogP) is 1.80. The first-order valence-electron chi connectivity index (χ1n) is 8.89. The van der Waals surface area contributed by atoms with Crippen LogP contribution in [0.4, 0.5) is 5.69 Å². The van der Waals surface area contributed by atoms with E-state index in [1.165, 1.54) is 5.56 Å². The quantitative estimate of drug-likeness (QED) is 0.858. The van der Waals surface area contributed by atoms with Gasteiger partial charge < -0.3 is 9.47 Å². The minimum Gasteiger partial charge on any atom is -0.319 e. The van der Waals surface area contributed by atoms with Crippen molar-refractivity contribution in [2.24, 2.45) is 13.0 Å². The highest BCUT2D eigenvalue weighted by Gasteiger charge is 2.34. The topological polar surface area (TPSA) is 45.6 Å². The molecule has 2 aromatic rings. The number of nitrogens with zero attached hydrogens (tertiary/aromatic N) is 3. The normalized spacial score (nSPS) is 20.0. The fourth-order valence-electron chi connectivity index (χ4n) is 3.91. The van der Waals surface area contributed by atoms with E-state index in [1.54, 1.807) is 23.9 Å². The third-order valence-corrected chi connectivity index (χ3v) is 5.35. The SMILES string of the molecule is Cn1ccc(CN2CCC(C(=O)N3CCc4ccccc43)C2)cc1=O. The predicted molar refractivity (Wildman–Crippen MR) is 97.6 cm³/mol. The van der Waals surface area contributed by atoms with E-state index in [9.17, 15) is 9.59 Å². The van der Waals surface area contributed by atoms with Gasteiger partial charge in [-0.05, 0) is 42.6 Å². The van der Waals surface area contributed by atoms with Crippen LogP contribution in [0.3, 0.4) is 0 Å². The Hall–Kier alpha value is -2.40. The lowest BCUT2D eigenvalue weighted by Gasteiger charge is -2.22. The molecule has 1 aromatic heterocycles. The van der Waals surface area contributed by atoms with Crippen LogP contribution in [-0.4, -0.2) is 35.0 Å². The summed E-state index contributed by atoms with van der Waals surface area (Å²) in [7, 11) is 1.75. The number of anilines is 1. The highest BCUT2D eigenvalue weighted by Crippen LogP contribution is 2.30. The molecule has 3 heterocycles. The molecule has 5 nitrogen and oxygen atoms in total. The van der Waals surface area contributed by atoms with Crippen molar-refractivity contribution >= 4 is 11.6 Å². The minimum atomic E-state index is 0.0120. The van der Waals surface area contributed by atoms with Gasteiger partial charge in [-0.3, -0.25) is 14.5 Å². The molecule has 0 radical (unpaired) electrons. The van der Waals surface area contributed by atoms with Crippen molar-refractivity contribution in [3.63, 3.8) is 0 Å². The Balaban J connectivity index is 1.41. The minimum absolute atomic E-state index is 0.0120. The number of fused-ring (bicyclic) bond motifs is 1. The highest BCUT2D eigenvalue weighted by molar-refractivity contribution is 5.97. The lowest BCUT2D eigenvalue weighted by molar-refractivity contribution is -0.121. The first-order valence-corrected chi connectivity index (χ1v) is 8.89. The van der Waals surface area contributed by atoms with Crippen LogP contribution in [0.2, 0.25) is 0 Å². The number of likely N-dealkylation sites (tertiary alicyclic amines) is 1. The van der Waals surface area contributed by atoms with E-state index in [-0.39, 0.29) is 17.4 Å². The fraction of sp³-hybridized carbons (Fsp3) is 0.400. The molecule has 5 heteroatoms. The summed E-state index contributed by atoms with van der Waals surface area (Å²) in [5.41, 5.74) is 3.38. The van der Waals surface area contributed by atoms with E-state index in [0.717, 1.165) is 50.3 Å². The number of aromatic nitrogens is 1. The van der Waals surface area contributed by atoms with Crippen molar-refractivity contribution in [3.05, 3.63) is 64.1 Å². The molecule has 130 valence electrons. The summed E-state index contributed by atoms with van der Waals surface area (Å²) in [6.07, 6.45) is 3.64. The number of hydrogen-bond acceptors (Lipinski definition) is 3. The molecule has 1 atom stereocenters. The van der Waals surface area contributed by atoms with Crippen LogP contribution < -0.4 is 10.5 Å². The van der Waals surface area contributed by atoms with E-state index >= 15 is 0 Å². The number of carbonyl (C=O) groups excluding carboxylic acids is 1. The molecule has 1 unspecified atom stereocenters. The van der Waals surface area contributed by atoms with Crippen molar-refractivity contribution in [1.29, 1.82) is 0 Å². The molecule has 25 heavy (non-hydrogen) atoms. The molecular weight excluding hydrogens is 314 g/mol. The molecule has 1 aromatic carbocycles. The lowest BCUT2D eigenvalue weighted by Crippen LogP contribution is -2.36. The van der Waals surface area contributed by atoms with Crippen LogP contribution in [0.1, 0.15) is 17.5 Å². The molecular formula is C20H23N3O2. The van der Waals surface area contributed by atoms with Gasteiger partial charge in [0.2, 0.25) is 5.91 Å². The molecule has 0 N–H and O–H groups in total. The number of benzene rings is 1. The number of rotatable bonds is 3. The van der Waals surface area contributed by atoms with Crippen molar-refractivity contribution in [2.75, 3.05) is 24.5 Å². The maximum atomic E-state index is 13.0. The zero-order chi connectivity index (χ0) is 17.4. The summed E-state index contributed by atoms with van der Waals surface area (Å²) >= 11 is 0. The molecule has 1 amide bonds. The van der Waals surface area contributed by atoms with Crippen LogP contribution in [-0.2, 0) is 24.8 Å². The Morgan fingerprint density at radius 2 is 2.04 bits per heavy atom. The van der Waals surface area contributed by atoms with E-state index < -0.39 is 0 Å². The van der Waals surface area contributed by atoms with E-state index in [4.69, 9.17) is 0 Å². The van der Waals surface area contributed by atoms with E-state index in [0.29, 0.717) is 0 Å². The lowest BCUT2D eigenvalue weighted by atomic mass is 10.1. The highest BCUT2D eigenvalue weighted by atomic mass is 16.2. The van der Waals surface area contributed by atoms with Gasteiger partial charge >= 0.3 is 0 Å². The van der Waals surface area contributed by atoms with Crippen LogP contribution in [0, 0.1) is 5.92 Å². The molecule has 2 aliphatic rings. The van der Waals surface area contributed by atoms with Gasteiger partial charge in [0.1, 0.15) is 0 Å². The van der Waals surface area contributed by atoms with Gasteiger partial charge in [-0.15, -0.1) is 0 Å². The molecule has 0 bridgehead atoms. The monoisotopic (exact) mass is 337 g/mol. The Labute approximate surface area is 147 Å². The van der Waals surface area contributed by atoms with Crippen LogP contribution >= 0.6 is 0 Å². The number of amides is 1. The van der Waals surface area contributed by atoms with Gasteiger partial charge in [-0.1, -0.05) is 18.2 Å². The Morgan fingerprint density at radius 3 is 2.88 bits per heavy atom. The van der Waals surface area contributed by atoms with E-state index in [1.807, 2.05) is 29.2 Å². The summed E-state index contributed by atoms with van der Waals surface area (Å²) in [5, 5.41) is 0. The second kappa shape index (κ2) is 6.48. The first kappa shape index (κ1) is 16.1. The largest absolute Gasteiger partial charge is 0.319 e. The van der Waals surface area contributed by atoms with Gasteiger partial charge in [0.15, 0.2) is 0 Å². The van der Waals surface area contributed by atoms with Crippen LogP contribution in [0.5, 0.6) is 0 Å². The van der Waals surface area contributed by atoms with E-state index in [2.05, 4.69) is 11.0 Å². The summed E-state index contributed by atoms with van der Waals surface area (Å²) in [6, 6.07) is 11.9. The van der Waals surface area contributed by atoms with Crippen molar-refractivity contribution in [1.82, 2.24) is 9.47 Å². The smallest absolute Gasteiger partial charge is 0.250 e. The van der Waals surface area contributed by atoms with Gasteiger partial charge in [-0.2, -0.15) is 0 Å². The van der Waals surface area contributed by atoms with Gasteiger partial charge in [0.05, 0.1) is 5.92 Å². The van der Waals surface area contributed by atoms with Gasteiger partial charge in [0.25, 0.3) is 5.56 Å². The third kappa shape index (κ3) is 3.12. The maximum Gasteiger partial charge on any atom is 0.250 e. The van der Waals surface area contributed by atoms with Crippen molar-refractivity contribution in [2.45, 2.75) is 19.4 Å². The average Bonchev–Trinajstić information content (AvgIpc) is 3.24. The molecule has 1 fully saturated rings. The Kier molecular flexibility index (Phi) is 4.17. The standard InChI is InChI=1S/C20H23N3O2/c1-21-9-6-15(12-19(21)24)13-22-10-7-17(14-22)20(25)23-11-8-16-4-2-3-5-18(16)23/h2-6,9,12,17H,7-8,10-11,13-14H2,1H3. The summed E-state index contributed by atoms with van der Waals surface area (Å²) < 4.78 is 1.57.